The third-order valence-corrected chi connectivity index (χ3v) is 3.94. The maximum absolute atomic E-state index is 7.00. The summed E-state index contributed by atoms with van der Waals surface area (Å²) in [6.45, 7) is 10.6. The lowest BCUT2D eigenvalue weighted by Gasteiger charge is -2.07. The molecule has 0 heterocycles. The van der Waals surface area contributed by atoms with E-state index in [-0.39, 0.29) is 0 Å². The third kappa shape index (κ3) is 17.7. The van der Waals surface area contributed by atoms with Gasteiger partial charge in [0.1, 0.15) is 0 Å². The first-order valence-corrected chi connectivity index (χ1v) is 9.47. The molecular weight excluding hydrogens is 373 g/mol. The van der Waals surface area contributed by atoms with Crippen molar-refractivity contribution in [3.05, 3.63) is 29.8 Å². The van der Waals surface area contributed by atoms with Crippen LogP contribution < -0.4 is 5.32 Å². The molecule has 0 aliphatic heterocycles. The van der Waals surface area contributed by atoms with Gasteiger partial charge in [0, 0.05) is 24.3 Å². The quantitative estimate of drug-likeness (QED) is 0.477. The highest BCUT2D eigenvalue weighted by Gasteiger charge is 2.00. The summed E-state index contributed by atoms with van der Waals surface area (Å²) in [5.41, 5.74) is 2.64. The Hall–Kier alpha value is -0.290. The molecule has 1 aromatic carbocycles. The maximum atomic E-state index is 7.00. The lowest BCUT2D eigenvalue weighted by molar-refractivity contribution is 0.399. The Morgan fingerprint density at radius 2 is 1.52 bits per heavy atom. The lowest BCUT2D eigenvalue weighted by Crippen LogP contribution is -1.98. The van der Waals surface area contributed by atoms with E-state index in [1.807, 2.05) is 20.9 Å². The monoisotopic (exact) mass is 409 g/mol. The van der Waals surface area contributed by atoms with Crippen molar-refractivity contribution < 1.29 is 5.11 Å². The van der Waals surface area contributed by atoms with E-state index in [4.69, 9.17) is 5.11 Å². The Bertz CT molecular complexity index is 275. The summed E-state index contributed by atoms with van der Waals surface area (Å²) in [4.78, 5) is 0. The van der Waals surface area contributed by atoms with E-state index in [1.54, 1.807) is 0 Å². The molecule has 3 heteroatoms. The van der Waals surface area contributed by atoms with Crippen LogP contribution in [0.3, 0.4) is 0 Å². The van der Waals surface area contributed by atoms with Gasteiger partial charge in [-0.25, -0.2) is 0 Å². The van der Waals surface area contributed by atoms with E-state index < -0.39 is 0 Å². The highest BCUT2D eigenvalue weighted by atomic mass is 127. The van der Waals surface area contributed by atoms with E-state index in [1.165, 1.54) is 34.9 Å². The topological polar surface area (TPSA) is 32.3 Å². The average molecular weight is 409 g/mol. The van der Waals surface area contributed by atoms with E-state index in [0.717, 1.165) is 13.0 Å². The summed E-state index contributed by atoms with van der Waals surface area (Å²) in [6.07, 6.45) is 3.75. The zero-order valence-electron chi connectivity index (χ0n) is 15.0. The van der Waals surface area contributed by atoms with Crippen molar-refractivity contribution in [3.8, 4) is 0 Å². The molecule has 2 N–H and O–H groups in total. The number of alkyl halides is 1. The largest absolute Gasteiger partial charge is 0.400 e. The summed E-state index contributed by atoms with van der Waals surface area (Å²) < 4.78 is 1.26. The van der Waals surface area contributed by atoms with E-state index in [9.17, 15) is 0 Å². The standard InChI is InChI=1S/C12H18IN.C3H8.C2H6.CH4O/c1-10(9-13)3-4-11-5-7-12(14-2)8-6-11;1-3-2;2*1-2/h5-8,10,14H,3-4,9H2,1-2H3;3H2,1-2H3;1-2H3;2H,1H3. The van der Waals surface area contributed by atoms with Crippen LogP contribution in [0.2, 0.25) is 0 Å². The Balaban J connectivity index is -0.000000399. The first-order chi connectivity index (χ1) is 10.2. The molecule has 2 nitrogen and oxygen atoms in total. The smallest absolute Gasteiger partial charge is 0.0337 e. The average Bonchev–Trinajstić information content (AvgIpc) is 2.57. The van der Waals surface area contributed by atoms with Crippen molar-refractivity contribution in [1.29, 1.82) is 0 Å². The van der Waals surface area contributed by atoms with Crippen molar-refractivity contribution in [2.24, 2.45) is 5.92 Å². The normalized spacial score (nSPS) is 9.76. The van der Waals surface area contributed by atoms with Crippen LogP contribution >= 0.6 is 22.6 Å². The van der Waals surface area contributed by atoms with Gasteiger partial charge >= 0.3 is 0 Å². The van der Waals surface area contributed by atoms with Gasteiger partial charge in [0.05, 0.1) is 0 Å². The Labute approximate surface area is 146 Å². The summed E-state index contributed by atoms with van der Waals surface area (Å²) in [6, 6.07) is 8.71. The zero-order chi connectivity index (χ0) is 17.1. The van der Waals surface area contributed by atoms with Gasteiger partial charge in [-0.15, -0.1) is 0 Å². The van der Waals surface area contributed by atoms with Crippen molar-refractivity contribution in [1.82, 2.24) is 0 Å². The number of halogens is 1. The highest BCUT2D eigenvalue weighted by molar-refractivity contribution is 14.1. The molecule has 1 rings (SSSR count). The number of nitrogens with one attached hydrogen (secondary N) is 1. The molecule has 0 amide bonds. The van der Waals surface area contributed by atoms with Gasteiger partial charge in [-0.1, -0.05) is 75.8 Å². The molecule has 1 atom stereocenters. The fraction of sp³-hybridized carbons (Fsp3) is 0.667. The number of hydrogen-bond donors (Lipinski definition) is 2. The van der Waals surface area contributed by atoms with Crippen molar-refractivity contribution in [2.75, 3.05) is 23.9 Å². The number of aliphatic hydroxyl groups is 1. The van der Waals surface area contributed by atoms with Crippen LogP contribution in [0.25, 0.3) is 0 Å². The van der Waals surface area contributed by atoms with Gasteiger partial charge in [-0.05, 0) is 36.5 Å². The number of hydrogen-bond acceptors (Lipinski definition) is 2. The summed E-state index contributed by atoms with van der Waals surface area (Å²) in [5.74, 6) is 0.833. The Kier molecular flexibility index (Phi) is 26.9. The van der Waals surface area contributed by atoms with Gasteiger partial charge in [0.2, 0.25) is 0 Å². The van der Waals surface area contributed by atoms with Crippen molar-refractivity contribution >= 4 is 28.3 Å². The van der Waals surface area contributed by atoms with Crippen LogP contribution in [0.5, 0.6) is 0 Å². The molecule has 126 valence electrons. The summed E-state index contributed by atoms with van der Waals surface area (Å²) in [5, 5.41) is 10.1. The first-order valence-electron chi connectivity index (χ1n) is 7.95. The minimum absolute atomic E-state index is 0.833. The molecule has 0 bridgehead atoms. The van der Waals surface area contributed by atoms with Crippen LogP contribution in [-0.4, -0.2) is 23.7 Å². The molecule has 0 spiro atoms. The first kappa shape index (κ1) is 25.7. The molecule has 0 saturated carbocycles. The number of rotatable bonds is 5. The van der Waals surface area contributed by atoms with Gasteiger partial charge in [0.15, 0.2) is 0 Å². The van der Waals surface area contributed by atoms with E-state index >= 15 is 0 Å². The van der Waals surface area contributed by atoms with Crippen LogP contribution in [0, 0.1) is 5.92 Å². The fourth-order valence-corrected chi connectivity index (χ4v) is 1.77. The molecule has 0 radical (unpaired) electrons. The summed E-state index contributed by atoms with van der Waals surface area (Å²) in [7, 11) is 2.95. The Morgan fingerprint density at radius 1 is 1.10 bits per heavy atom. The number of aliphatic hydroxyl groups excluding tert-OH is 1. The maximum Gasteiger partial charge on any atom is 0.0337 e. The molecular formula is C18H36INO. The molecule has 1 aromatic rings. The molecule has 0 aliphatic carbocycles. The van der Waals surface area contributed by atoms with Crippen molar-refractivity contribution in [3.63, 3.8) is 0 Å². The highest BCUT2D eigenvalue weighted by Crippen LogP contribution is 2.14. The van der Waals surface area contributed by atoms with Gasteiger partial charge in [-0.3, -0.25) is 0 Å². The predicted molar refractivity (Wildman–Crippen MR) is 108 cm³/mol. The second-order valence-electron chi connectivity index (χ2n) is 4.45. The molecule has 1 unspecified atom stereocenters. The summed E-state index contributed by atoms with van der Waals surface area (Å²) >= 11 is 2.46. The minimum atomic E-state index is 0.833. The molecule has 0 aliphatic rings. The third-order valence-electron chi connectivity index (χ3n) is 2.43. The number of anilines is 1. The zero-order valence-corrected chi connectivity index (χ0v) is 17.2. The van der Waals surface area contributed by atoms with Crippen LogP contribution in [0.4, 0.5) is 5.69 Å². The van der Waals surface area contributed by atoms with Crippen molar-refractivity contribution in [2.45, 2.75) is 53.9 Å². The number of benzene rings is 1. The van der Waals surface area contributed by atoms with Gasteiger partial charge in [-0.2, -0.15) is 0 Å². The molecule has 0 aromatic heterocycles. The van der Waals surface area contributed by atoms with Gasteiger partial charge in [0.25, 0.3) is 0 Å². The minimum Gasteiger partial charge on any atom is -0.400 e. The van der Waals surface area contributed by atoms with Crippen LogP contribution in [-0.2, 0) is 6.42 Å². The fourth-order valence-electron chi connectivity index (χ4n) is 1.33. The molecule has 0 fully saturated rings. The number of aryl methyl sites for hydroxylation is 1. The van der Waals surface area contributed by atoms with Crippen LogP contribution in [0.15, 0.2) is 24.3 Å². The predicted octanol–water partition coefficient (Wildman–Crippen LogP) is 5.78. The second-order valence-corrected chi connectivity index (χ2v) is 5.33. The molecule has 21 heavy (non-hydrogen) atoms. The van der Waals surface area contributed by atoms with Crippen LogP contribution in [0.1, 0.15) is 53.0 Å². The molecule has 0 saturated heterocycles. The van der Waals surface area contributed by atoms with E-state index in [0.29, 0.717) is 0 Å². The van der Waals surface area contributed by atoms with Gasteiger partial charge < -0.3 is 10.4 Å². The SMILES string of the molecule is CC.CCC.CNc1ccc(CCC(C)CI)cc1.CO. The van der Waals surface area contributed by atoms with E-state index in [2.05, 4.69) is 72.9 Å². The lowest BCUT2D eigenvalue weighted by atomic mass is 10.0. The Morgan fingerprint density at radius 3 is 1.86 bits per heavy atom. The second kappa shape index (κ2) is 22.0.